The zero-order valence-electron chi connectivity index (χ0n) is 16.6. The molecular formula is C20H35N5O. The molecule has 1 aliphatic rings. The van der Waals surface area contributed by atoms with Crippen molar-refractivity contribution >= 4 is 0 Å². The molecular weight excluding hydrogens is 326 g/mol. The molecule has 2 aromatic rings. The van der Waals surface area contributed by atoms with Gasteiger partial charge >= 0.3 is 0 Å². The first-order chi connectivity index (χ1) is 11.5. The average Bonchev–Trinajstić information content (AvgIpc) is 2.96. The molecule has 3 heterocycles. The second kappa shape index (κ2) is 8.16. The van der Waals surface area contributed by atoms with Crippen LogP contribution in [0, 0.1) is 0 Å². The molecule has 0 bridgehead atoms. The van der Waals surface area contributed by atoms with Crippen LogP contribution in [0.4, 0.5) is 0 Å². The Morgan fingerprint density at radius 1 is 1.04 bits per heavy atom. The fraction of sp³-hybridized carbons (Fsp3) is 0.650. The van der Waals surface area contributed by atoms with Gasteiger partial charge in [0.05, 0.1) is 6.54 Å². The van der Waals surface area contributed by atoms with Crippen molar-refractivity contribution in [2.45, 2.75) is 73.0 Å². The van der Waals surface area contributed by atoms with E-state index < -0.39 is 0 Å². The molecule has 26 heavy (non-hydrogen) atoms. The topological polar surface area (TPSA) is 56.0 Å². The molecule has 6 heteroatoms. The zero-order valence-corrected chi connectivity index (χ0v) is 16.6. The summed E-state index contributed by atoms with van der Waals surface area (Å²) in [5.74, 6) is 1.08. The van der Waals surface area contributed by atoms with E-state index in [1.54, 1.807) is 17.7 Å². The third-order valence-electron chi connectivity index (χ3n) is 4.54. The van der Waals surface area contributed by atoms with Gasteiger partial charge in [0.2, 0.25) is 5.56 Å². The molecule has 1 aliphatic heterocycles. The molecule has 146 valence electrons. The first kappa shape index (κ1) is 22.1. The maximum atomic E-state index is 11.1. The molecule has 0 aliphatic carbocycles. The molecule has 0 aromatic carbocycles. The number of hydrogen-bond acceptors (Lipinski definition) is 4. The van der Waals surface area contributed by atoms with Gasteiger partial charge in [-0.1, -0.05) is 34.3 Å². The Hall–Kier alpha value is -1.95. The lowest BCUT2D eigenvalue weighted by molar-refractivity contribution is 0.100. The Labute approximate surface area is 157 Å². The summed E-state index contributed by atoms with van der Waals surface area (Å²) in [6.45, 7) is 16.1. The summed E-state index contributed by atoms with van der Waals surface area (Å²) in [5.41, 5.74) is 1.58. The number of hydrogen-bond donors (Lipinski definition) is 0. The maximum Gasteiger partial charge on any atom is 0.250 e. The highest BCUT2D eigenvalue weighted by molar-refractivity contribution is 5.18. The Morgan fingerprint density at radius 3 is 2.23 bits per heavy atom. The summed E-state index contributed by atoms with van der Waals surface area (Å²) < 4.78 is 3.74. The molecule has 0 N–H and O–H groups in total. The van der Waals surface area contributed by atoms with Crippen molar-refractivity contribution in [3.05, 3.63) is 46.4 Å². The van der Waals surface area contributed by atoms with Crippen molar-refractivity contribution in [2.75, 3.05) is 6.54 Å². The summed E-state index contributed by atoms with van der Waals surface area (Å²) in [4.78, 5) is 13.5. The van der Waals surface area contributed by atoms with Crippen molar-refractivity contribution in [3.8, 4) is 0 Å². The number of aromatic nitrogens is 4. The van der Waals surface area contributed by atoms with Crippen LogP contribution < -0.4 is 5.56 Å². The van der Waals surface area contributed by atoms with E-state index in [0.29, 0.717) is 0 Å². The highest BCUT2D eigenvalue weighted by atomic mass is 16.1. The molecule has 0 spiro atoms. The summed E-state index contributed by atoms with van der Waals surface area (Å²) in [7, 11) is 1.78. The number of aryl methyl sites for hydroxylation is 1. The van der Waals surface area contributed by atoms with E-state index >= 15 is 0 Å². The standard InChI is InChI=1S/C10H15NO.C9H16N4.CH4/c1-10(2,3)8-5-6-9(12)11(4)7-8;1-9(2,3)13-5-4-12-7-10-11-8(12)6-13;/h5-7H,1-4H3;7H,4-6H2,1-3H3;1H4. The van der Waals surface area contributed by atoms with Crippen LogP contribution in [0.5, 0.6) is 0 Å². The minimum Gasteiger partial charge on any atom is -0.318 e. The Morgan fingerprint density at radius 2 is 1.69 bits per heavy atom. The van der Waals surface area contributed by atoms with E-state index in [-0.39, 0.29) is 23.9 Å². The van der Waals surface area contributed by atoms with Crippen LogP contribution >= 0.6 is 0 Å². The minimum absolute atomic E-state index is 0. The van der Waals surface area contributed by atoms with Gasteiger partial charge in [0.25, 0.3) is 0 Å². The third kappa shape index (κ3) is 5.53. The van der Waals surface area contributed by atoms with Crippen molar-refractivity contribution in [3.63, 3.8) is 0 Å². The number of pyridine rings is 1. The van der Waals surface area contributed by atoms with Crippen LogP contribution in [0.25, 0.3) is 0 Å². The first-order valence-electron chi connectivity index (χ1n) is 8.77. The van der Waals surface area contributed by atoms with Crippen LogP contribution in [0.3, 0.4) is 0 Å². The second-order valence-corrected chi connectivity index (χ2v) is 8.65. The number of nitrogens with zero attached hydrogens (tertiary/aromatic N) is 5. The molecule has 3 rings (SSSR count). The maximum absolute atomic E-state index is 11.1. The highest BCUT2D eigenvalue weighted by Gasteiger charge is 2.26. The second-order valence-electron chi connectivity index (χ2n) is 8.65. The Balaban J connectivity index is 0.000000251. The fourth-order valence-electron chi connectivity index (χ4n) is 2.68. The summed E-state index contributed by atoms with van der Waals surface area (Å²) in [5, 5.41) is 8.00. The molecule has 2 aromatic heterocycles. The quantitative estimate of drug-likeness (QED) is 0.723. The molecule has 0 saturated carbocycles. The van der Waals surface area contributed by atoms with Gasteiger partial charge in [0, 0.05) is 37.9 Å². The normalized spacial score (nSPS) is 14.7. The average molecular weight is 362 g/mol. The van der Waals surface area contributed by atoms with Crippen molar-refractivity contribution in [1.29, 1.82) is 0 Å². The van der Waals surface area contributed by atoms with Crippen molar-refractivity contribution in [1.82, 2.24) is 24.2 Å². The highest BCUT2D eigenvalue weighted by Crippen LogP contribution is 2.20. The molecule has 0 atom stereocenters. The molecule has 0 radical (unpaired) electrons. The van der Waals surface area contributed by atoms with Crippen LogP contribution in [0.2, 0.25) is 0 Å². The van der Waals surface area contributed by atoms with Crippen LogP contribution in [0.15, 0.2) is 29.5 Å². The van der Waals surface area contributed by atoms with E-state index in [1.165, 1.54) is 5.56 Å². The van der Waals surface area contributed by atoms with Gasteiger partial charge in [-0.3, -0.25) is 9.69 Å². The van der Waals surface area contributed by atoms with Crippen LogP contribution in [-0.4, -0.2) is 36.3 Å². The lowest BCUT2D eigenvalue weighted by Gasteiger charge is -2.37. The zero-order chi connectivity index (χ0) is 18.8. The predicted octanol–water partition coefficient (Wildman–Crippen LogP) is 3.21. The summed E-state index contributed by atoms with van der Waals surface area (Å²) in [6, 6.07) is 3.50. The van der Waals surface area contributed by atoms with Crippen LogP contribution in [0.1, 0.15) is 60.4 Å². The van der Waals surface area contributed by atoms with Gasteiger partial charge < -0.3 is 9.13 Å². The molecule has 0 saturated heterocycles. The lowest BCUT2D eigenvalue weighted by atomic mass is 9.88. The monoisotopic (exact) mass is 361 g/mol. The van der Waals surface area contributed by atoms with E-state index in [1.807, 2.05) is 18.6 Å². The largest absolute Gasteiger partial charge is 0.318 e. The van der Waals surface area contributed by atoms with Gasteiger partial charge in [-0.05, 0) is 31.7 Å². The molecule has 6 nitrogen and oxygen atoms in total. The minimum atomic E-state index is 0. The summed E-state index contributed by atoms with van der Waals surface area (Å²) >= 11 is 0. The number of rotatable bonds is 0. The van der Waals surface area contributed by atoms with E-state index in [9.17, 15) is 4.79 Å². The van der Waals surface area contributed by atoms with Crippen molar-refractivity contribution in [2.24, 2.45) is 7.05 Å². The first-order valence-corrected chi connectivity index (χ1v) is 8.77. The Bertz CT molecular complexity index is 761. The van der Waals surface area contributed by atoms with Gasteiger partial charge in [0.15, 0.2) is 0 Å². The van der Waals surface area contributed by atoms with Crippen molar-refractivity contribution < 1.29 is 0 Å². The third-order valence-corrected chi connectivity index (χ3v) is 4.54. The predicted molar refractivity (Wildman–Crippen MR) is 107 cm³/mol. The van der Waals surface area contributed by atoms with Crippen LogP contribution in [-0.2, 0) is 25.6 Å². The van der Waals surface area contributed by atoms with Gasteiger partial charge in [-0.25, -0.2) is 0 Å². The molecule has 0 unspecified atom stereocenters. The molecule has 0 fully saturated rings. The fourth-order valence-corrected chi connectivity index (χ4v) is 2.68. The summed E-state index contributed by atoms with van der Waals surface area (Å²) in [6.07, 6.45) is 3.71. The van der Waals surface area contributed by atoms with Gasteiger partial charge in [0.1, 0.15) is 12.2 Å². The van der Waals surface area contributed by atoms with Gasteiger partial charge in [-0.2, -0.15) is 0 Å². The lowest BCUT2D eigenvalue weighted by Crippen LogP contribution is -2.45. The Kier molecular flexibility index (Phi) is 6.94. The van der Waals surface area contributed by atoms with E-state index in [0.717, 1.165) is 25.5 Å². The molecule has 0 amide bonds. The SMILES string of the molecule is C.CC(C)(C)N1CCn2cnnc2C1.Cn1cc(C(C)(C)C)ccc1=O. The number of fused-ring (bicyclic) bond motifs is 1. The van der Waals surface area contributed by atoms with E-state index in [4.69, 9.17) is 0 Å². The van der Waals surface area contributed by atoms with E-state index in [2.05, 4.69) is 61.2 Å². The van der Waals surface area contributed by atoms with Gasteiger partial charge in [-0.15, -0.1) is 10.2 Å². The smallest absolute Gasteiger partial charge is 0.250 e.